The van der Waals surface area contributed by atoms with Gasteiger partial charge in [0.25, 0.3) is 0 Å². The summed E-state index contributed by atoms with van der Waals surface area (Å²) in [6.07, 6.45) is 0.834. The van der Waals surface area contributed by atoms with Crippen molar-refractivity contribution in [3.63, 3.8) is 0 Å². The second-order valence-electron chi connectivity index (χ2n) is 3.55. The van der Waals surface area contributed by atoms with Gasteiger partial charge in [-0.2, -0.15) is 0 Å². The molecular weight excluding hydrogens is 207 g/mol. The molecule has 0 aliphatic rings. The van der Waals surface area contributed by atoms with Crippen molar-refractivity contribution in [3.05, 3.63) is 0 Å². The standard InChI is InChI=1S/C7H19O2PSSi/c1-6-8-10(11,7-2)9-12(3,4)5/h6-7H2,1-5H3. The largest absolute Gasteiger partial charge is 0.371 e. The third kappa shape index (κ3) is 5.44. The Morgan fingerprint density at radius 2 is 1.75 bits per heavy atom. The van der Waals surface area contributed by atoms with Crippen molar-refractivity contribution >= 4 is 26.6 Å². The number of rotatable bonds is 5. The summed E-state index contributed by atoms with van der Waals surface area (Å²) in [4.78, 5) is 0. The van der Waals surface area contributed by atoms with Gasteiger partial charge in [0.05, 0.1) is 6.61 Å². The van der Waals surface area contributed by atoms with Gasteiger partial charge in [0, 0.05) is 6.16 Å². The molecule has 0 aliphatic heterocycles. The van der Waals surface area contributed by atoms with Crippen LogP contribution in [-0.2, 0) is 20.5 Å². The van der Waals surface area contributed by atoms with Crippen LogP contribution in [0.4, 0.5) is 0 Å². The van der Waals surface area contributed by atoms with E-state index in [1.165, 1.54) is 0 Å². The highest BCUT2D eigenvalue weighted by Crippen LogP contribution is 2.50. The van der Waals surface area contributed by atoms with Crippen LogP contribution in [0, 0.1) is 0 Å². The fraction of sp³-hybridized carbons (Fsp3) is 1.00. The van der Waals surface area contributed by atoms with Gasteiger partial charge in [-0.3, -0.25) is 0 Å². The van der Waals surface area contributed by atoms with Gasteiger partial charge < -0.3 is 8.74 Å². The average Bonchev–Trinajstić information content (AvgIpc) is 1.84. The van der Waals surface area contributed by atoms with E-state index in [1.807, 2.05) is 13.8 Å². The van der Waals surface area contributed by atoms with Crippen LogP contribution in [0.2, 0.25) is 19.6 Å². The van der Waals surface area contributed by atoms with Crippen molar-refractivity contribution in [2.45, 2.75) is 33.5 Å². The third-order valence-corrected chi connectivity index (χ3v) is 7.62. The average molecular weight is 226 g/mol. The van der Waals surface area contributed by atoms with Crippen LogP contribution in [0.25, 0.3) is 0 Å². The monoisotopic (exact) mass is 226 g/mol. The molecule has 0 amide bonds. The number of hydrogen-bond acceptors (Lipinski definition) is 3. The molecule has 1 atom stereocenters. The van der Waals surface area contributed by atoms with E-state index < -0.39 is 14.8 Å². The van der Waals surface area contributed by atoms with Gasteiger partial charge >= 0.3 is 0 Å². The topological polar surface area (TPSA) is 18.5 Å². The lowest BCUT2D eigenvalue weighted by Gasteiger charge is -2.28. The van der Waals surface area contributed by atoms with Gasteiger partial charge in [0.1, 0.15) is 0 Å². The maximum Gasteiger partial charge on any atom is 0.192 e. The van der Waals surface area contributed by atoms with Crippen LogP contribution in [0.3, 0.4) is 0 Å². The minimum atomic E-state index is -1.93. The highest BCUT2D eigenvalue weighted by molar-refractivity contribution is 8.10. The van der Waals surface area contributed by atoms with Crippen molar-refractivity contribution < 1.29 is 8.74 Å². The van der Waals surface area contributed by atoms with E-state index in [-0.39, 0.29) is 0 Å². The van der Waals surface area contributed by atoms with Crippen molar-refractivity contribution in [1.29, 1.82) is 0 Å². The molecule has 0 aromatic rings. The van der Waals surface area contributed by atoms with Crippen molar-refractivity contribution in [1.82, 2.24) is 0 Å². The summed E-state index contributed by atoms with van der Waals surface area (Å²) < 4.78 is 11.4. The first-order valence-electron chi connectivity index (χ1n) is 4.27. The molecule has 0 radical (unpaired) electrons. The van der Waals surface area contributed by atoms with E-state index >= 15 is 0 Å². The summed E-state index contributed by atoms with van der Waals surface area (Å²) in [6, 6.07) is 0. The molecule has 0 saturated carbocycles. The first-order chi connectivity index (χ1) is 5.33. The highest BCUT2D eigenvalue weighted by atomic mass is 32.5. The molecule has 12 heavy (non-hydrogen) atoms. The number of hydrogen-bond donors (Lipinski definition) is 0. The zero-order valence-electron chi connectivity index (χ0n) is 8.59. The minimum absolute atomic E-state index is 0.662. The van der Waals surface area contributed by atoms with Crippen LogP contribution >= 0.6 is 6.49 Å². The molecule has 0 aromatic carbocycles. The second-order valence-corrected chi connectivity index (χ2v) is 12.3. The van der Waals surface area contributed by atoms with E-state index in [9.17, 15) is 0 Å². The molecule has 0 aromatic heterocycles. The van der Waals surface area contributed by atoms with Crippen LogP contribution < -0.4 is 0 Å². The third-order valence-electron chi connectivity index (χ3n) is 1.13. The molecule has 5 heteroatoms. The van der Waals surface area contributed by atoms with E-state index in [0.29, 0.717) is 6.61 Å². The summed E-state index contributed by atoms with van der Waals surface area (Å²) in [5.41, 5.74) is 0. The molecule has 0 saturated heterocycles. The smallest absolute Gasteiger partial charge is 0.192 e. The van der Waals surface area contributed by atoms with Gasteiger partial charge in [0.15, 0.2) is 14.8 Å². The summed E-state index contributed by atoms with van der Waals surface area (Å²) in [7, 11) is -1.53. The van der Waals surface area contributed by atoms with E-state index in [2.05, 4.69) is 19.6 Å². The SMILES string of the molecule is CCOP(=S)(CC)O[Si](C)(C)C. The quantitative estimate of drug-likeness (QED) is 0.530. The zero-order valence-corrected chi connectivity index (χ0v) is 11.3. The van der Waals surface area contributed by atoms with Gasteiger partial charge in [-0.25, -0.2) is 0 Å². The van der Waals surface area contributed by atoms with Crippen molar-refractivity contribution in [2.24, 2.45) is 0 Å². The fourth-order valence-electron chi connectivity index (χ4n) is 0.796. The molecule has 0 aliphatic carbocycles. The van der Waals surface area contributed by atoms with Crippen LogP contribution in [0.5, 0.6) is 0 Å². The van der Waals surface area contributed by atoms with Crippen molar-refractivity contribution in [3.8, 4) is 0 Å². The molecule has 0 rings (SSSR count). The summed E-state index contributed by atoms with van der Waals surface area (Å²) in [5, 5.41) is 0. The fourth-order valence-corrected chi connectivity index (χ4v) is 7.77. The predicted octanol–water partition coefficient (Wildman–Crippen LogP) is 3.20. The Labute approximate surface area is 82.0 Å². The van der Waals surface area contributed by atoms with Gasteiger partial charge in [-0.1, -0.05) is 6.92 Å². The highest BCUT2D eigenvalue weighted by Gasteiger charge is 2.25. The molecule has 1 unspecified atom stereocenters. The van der Waals surface area contributed by atoms with Gasteiger partial charge in [-0.15, -0.1) is 0 Å². The lowest BCUT2D eigenvalue weighted by molar-refractivity contribution is 0.331. The molecule has 0 spiro atoms. The first-order valence-corrected chi connectivity index (χ1v) is 10.5. The van der Waals surface area contributed by atoms with Crippen LogP contribution in [0.1, 0.15) is 13.8 Å². The maximum atomic E-state index is 5.86. The maximum absolute atomic E-state index is 5.86. The molecule has 0 heterocycles. The Hall–Kier alpha value is 0.787. The Balaban J connectivity index is 4.25. The van der Waals surface area contributed by atoms with E-state index in [1.54, 1.807) is 0 Å². The minimum Gasteiger partial charge on any atom is -0.371 e. The van der Waals surface area contributed by atoms with Crippen molar-refractivity contribution in [2.75, 3.05) is 12.8 Å². The van der Waals surface area contributed by atoms with E-state index in [4.69, 9.17) is 20.5 Å². The molecule has 0 N–H and O–H groups in total. The Morgan fingerprint density at radius 3 is 2.00 bits per heavy atom. The normalized spacial score (nSPS) is 17.4. The summed E-state index contributed by atoms with van der Waals surface area (Å²) in [5.74, 6) is 0. The molecule has 74 valence electrons. The Kier molecular flexibility index (Phi) is 5.19. The molecule has 2 nitrogen and oxygen atoms in total. The van der Waals surface area contributed by atoms with Gasteiger partial charge in [-0.05, 0) is 38.4 Å². The van der Waals surface area contributed by atoms with Crippen LogP contribution in [-0.4, -0.2) is 21.1 Å². The lowest BCUT2D eigenvalue weighted by Crippen LogP contribution is -2.24. The first kappa shape index (κ1) is 12.8. The van der Waals surface area contributed by atoms with E-state index in [0.717, 1.165) is 6.16 Å². The van der Waals surface area contributed by atoms with Gasteiger partial charge in [0.2, 0.25) is 0 Å². The lowest BCUT2D eigenvalue weighted by atomic mass is 10.9. The summed E-state index contributed by atoms with van der Waals surface area (Å²) in [6.45, 7) is 9.16. The Morgan fingerprint density at radius 1 is 1.25 bits per heavy atom. The summed E-state index contributed by atoms with van der Waals surface area (Å²) >= 11 is 5.35. The Bertz CT molecular complexity index is 179. The predicted molar refractivity (Wildman–Crippen MR) is 60.9 cm³/mol. The van der Waals surface area contributed by atoms with Crippen LogP contribution in [0.15, 0.2) is 0 Å². The second kappa shape index (κ2) is 4.87. The molecule has 0 bridgehead atoms. The molecular formula is C7H19O2PSSi. The molecule has 0 fully saturated rings. The zero-order chi connectivity index (χ0) is 9.83.